The van der Waals surface area contributed by atoms with Gasteiger partial charge < -0.3 is 10.2 Å². The van der Waals surface area contributed by atoms with Crippen molar-refractivity contribution in [2.45, 2.75) is 38.3 Å². The number of anilines is 1. The molecule has 1 saturated carbocycles. The molecule has 1 fully saturated rings. The molecule has 1 aromatic heterocycles. The van der Waals surface area contributed by atoms with Crippen molar-refractivity contribution in [1.29, 1.82) is 0 Å². The fourth-order valence-corrected chi connectivity index (χ4v) is 4.41. The first-order valence-electron chi connectivity index (χ1n) is 7.68. The summed E-state index contributed by atoms with van der Waals surface area (Å²) in [6.07, 6.45) is 4.94. The Morgan fingerprint density at radius 3 is 2.70 bits per heavy atom. The van der Waals surface area contributed by atoms with Gasteiger partial charge in [-0.3, -0.25) is 0 Å². The van der Waals surface area contributed by atoms with Crippen molar-refractivity contribution in [3.8, 4) is 0 Å². The van der Waals surface area contributed by atoms with Crippen LogP contribution in [0.5, 0.6) is 0 Å². The van der Waals surface area contributed by atoms with Crippen LogP contribution in [0.3, 0.4) is 0 Å². The Morgan fingerprint density at radius 2 is 2.04 bits per heavy atom. The van der Waals surface area contributed by atoms with E-state index in [0.29, 0.717) is 16.1 Å². The van der Waals surface area contributed by atoms with Crippen LogP contribution in [0.15, 0.2) is 35.7 Å². The quantitative estimate of drug-likeness (QED) is 0.631. The minimum Gasteiger partial charge on any atom is -0.341 e. The van der Waals surface area contributed by atoms with Crippen LogP contribution in [0.4, 0.5) is 5.69 Å². The van der Waals surface area contributed by atoms with E-state index in [1.54, 1.807) is 17.4 Å². The van der Waals surface area contributed by atoms with E-state index in [2.05, 4.69) is 27.7 Å². The second-order valence-corrected chi connectivity index (χ2v) is 7.96. The van der Waals surface area contributed by atoms with Gasteiger partial charge in [0.25, 0.3) is 0 Å². The van der Waals surface area contributed by atoms with E-state index in [1.165, 1.54) is 30.6 Å². The Kier molecular flexibility index (Phi) is 5.81. The predicted molar refractivity (Wildman–Crippen MR) is 105 cm³/mol. The molecule has 2 aromatic rings. The summed E-state index contributed by atoms with van der Waals surface area (Å²) in [5, 5.41) is 7.34. The molecule has 122 valence electrons. The zero-order valence-electron chi connectivity index (χ0n) is 12.6. The van der Waals surface area contributed by atoms with Crippen molar-refractivity contribution in [1.82, 2.24) is 4.90 Å². The molecule has 1 aliphatic carbocycles. The molecule has 0 atom stereocenters. The fourth-order valence-electron chi connectivity index (χ4n) is 2.93. The molecule has 2 nitrogen and oxygen atoms in total. The van der Waals surface area contributed by atoms with Gasteiger partial charge in [0.05, 0.1) is 17.3 Å². The second-order valence-electron chi connectivity index (χ2n) is 5.70. The molecule has 0 unspecified atom stereocenters. The highest BCUT2D eigenvalue weighted by atomic mass is 35.5. The summed E-state index contributed by atoms with van der Waals surface area (Å²) in [5.74, 6) is 0. The van der Waals surface area contributed by atoms with Gasteiger partial charge >= 0.3 is 0 Å². The molecular weight excluding hydrogens is 367 g/mol. The first kappa shape index (κ1) is 17.0. The number of benzene rings is 1. The fraction of sp³-hybridized carbons (Fsp3) is 0.353. The van der Waals surface area contributed by atoms with Crippen molar-refractivity contribution in [2.24, 2.45) is 0 Å². The normalized spacial score (nSPS) is 14.9. The van der Waals surface area contributed by atoms with Gasteiger partial charge in [-0.1, -0.05) is 42.1 Å². The van der Waals surface area contributed by atoms with Crippen molar-refractivity contribution in [3.63, 3.8) is 0 Å². The Balaban J connectivity index is 1.76. The summed E-state index contributed by atoms with van der Waals surface area (Å²) in [5.41, 5.74) is 0.801. The van der Waals surface area contributed by atoms with E-state index in [4.69, 9.17) is 35.4 Å². The molecule has 0 aliphatic heterocycles. The third-order valence-electron chi connectivity index (χ3n) is 4.11. The lowest BCUT2D eigenvalue weighted by atomic mass is 10.2. The number of halogens is 2. The molecule has 23 heavy (non-hydrogen) atoms. The van der Waals surface area contributed by atoms with Crippen molar-refractivity contribution in [3.05, 3.63) is 50.6 Å². The van der Waals surface area contributed by atoms with E-state index in [-0.39, 0.29) is 0 Å². The highest BCUT2D eigenvalue weighted by molar-refractivity contribution is 7.80. The van der Waals surface area contributed by atoms with Gasteiger partial charge in [0.1, 0.15) is 0 Å². The first-order valence-corrected chi connectivity index (χ1v) is 9.73. The topological polar surface area (TPSA) is 15.3 Å². The van der Waals surface area contributed by atoms with E-state index in [1.807, 2.05) is 12.1 Å². The first-order chi connectivity index (χ1) is 11.1. The van der Waals surface area contributed by atoms with Crippen LogP contribution in [0.25, 0.3) is 0 Å². The number of nitrogens with zero attached hydrogens (tertiary/aromatic N) is 1. The van der Waals surface area contributed by atoms with Crippen molar-refractivity contribution >= 4 is 57.6 Å². The lowest BCUT2D eigenvalue weighted by Crippen LogP contribution is -2.40. The Labute approximate surface area is 156 Å². The van der Waals surface area contributed by atoms with E-state index < -0.39 is 0 Å². The van der Waals surface area contributed by atoms with Crippen LogP contribution >= 0.6 is 46.8 Å². The maximum Gasteiger partial charge on any atom is 0.174 e. The minimum atomic E-state index is 0.503. The Morgan fingerprint density at radius 1 is 1.26 bits per heavy atom. The molecule has 1 aliphatic rings. The number of rotatable bonds is 4. The zero-order chi connectivity index (χ0) is 16.2. The SMILES string of the molecule is S=C(Nc1ccc(Cl)cc1Cl)N(Cc1cccs1)C1CCCC1. The summed E-state index contributed by atoms with van der Waals surface area (Å²) in [6, 6.07) is 10.2. The van der Waals surface area contributed by atoms with Gasteiger partial charge in [-0.05, 0) is 54.7 Å². The second kappa shape index (κ2) is 7.84. The summed E-state index contributed by atoms with van der Waals surface area (Å²) < 4.78 is 0. The molecule has 0 spiro atoms. The summed E-state index contributed by atoms with van der Waals surface area (Å²) in [7, 11) is 0. The standard InChI is InChI=1S/C17H18Cl2N2S2/c18-12-7-8-16(15(19)10-12)20-17(22)21(13-4-1-2-5-13)11-14-6-3-9-23-14/h3,6-10,13H,1-2,4-5,11H2,(H,20,22). The van der Waals surface area contributed by atoms with Crippen LogP contribution in [-0.4, -0.2) is 16.1 Å². The number of thiocarbonyl (C=S) groups is 1. The number of hydrogen-bond donors (Lipinski definition) is 1. The predicted octanol–water partition coefficient (Wildman–Crippen LogP) is 6.20. The van der Waals surface area contributed by atoms with Crippen LogP contribution < -0.4 is 5.32 Å². The molecule has 1 aromatic carbocycles. The summed E-state index contributed by atoms with van der Waals surface area (Å²) >= 11 is 19.7. The maximum absolute atomic E-state index is 6.26. The van der Waals surface area contributed by atoms with E-state index >= 15 is 0 Å². The highest BCUT2D eigenvalue weighted by Crippen LogP contribution is 2.29. The monoisotopic (exact) mass is 384 g/mol. The van der Waals surface area contributed by atoms with Gasteiger partial charge in [0, 0.05) is 15.9 Å². The molecule has 0 radical (unpaired) electrons. The van der Waals surface area contributed by atoms with E-state index in [0.717, 1.165) is 17.3 Å². The maximum atomic E-state index is 6.26. The average Bonchev–Trinajstić information content (AvgIpc) is 3.20. The molecule has 0 amide bonds. The van der Waals surface area contributed by atoms with Crippen molar-refractivity contribution < 1.29 is 0 Å². The van der Waals surface area contributed by atoms with Gasteiger partial charge in [-0.15, -0.1) is 11.3 Å². The van der Waals surface area contributed by atoms with Gasteiger partial charge in [0.2, 0.25) is 0 Å². The number of hydrogen-bond acceptors (Lipinski definition) is 2. The Hall–Kier alpha value is -0.810. The summed E-state index contributed by atoms with van der Waals surface area (Å²) in [4.78, 5) is 3.63. The molecule has 0 saturated heterocycles. The lowest BCUT2D eigenvalue weighted by Gasteiger charge is -2.31. The molecular formula is C17H18Cl2N2S2. The molecule has 0 bridgehead atoms. The largest absolute Gasteiger partial charge is 0.341 e. The average molecular weight is 385 g/mol. The van der Waals surface area contributed by atoms with Crippen molar-refractivity contribution in [2.75, 3.05) is 5.32 Å². The van der Waals surface area contributed by atoms with Crippen LogP contribution in [0, 0.1) is 0 Å². The molecule has 1 N–H and O–H groups in total. The van der Waals surface area contributed by atoms with Gasteiger partial charge in [-0.2, -0.15) is 0 Å². The van der Waals surface area contributed by atoms with Gasteiger partial charge in [0.15, 0.2) is 5.11 Å². The molecule has 1 heterocycles. The zero-order valence-corrected chi connectivity index (χ0v) is 15.7. The van der Waals surface area contributed by atoms with Gasteiger partial charge in [-0.25, -0.2) is 0 Å². The molecule has 6 heteroatoms. The number of thiophene rings is 1. The van der Waals surface area contributed by atoms with Crippen LogP contribution in [-0.2, 0) is 6.54 Å². The lowest BCUT2D eigenvalue weighted by molar-refractivity contribution is 0.314. The number of nitrogens with one attached hydrogen (secondary N) is 1. The Bertz CT molecular complexity index is 667. The van der Waals surface area contributed by atoms with E-state index in [9.17, 15) is 0 Å². The van der Waals surface area contributed by atoms with Crippen LogP contribution in [0.1, 0.15) is 30.6 Å². The smallest absolute Gasteiger partial charge is 0.174 e. The van der Waals surface area contributed by atoms with Crippen LogP contribution in [0.2, 0.25) is 10.0 Å². The summed E-state index contributed by atoms with van der Waals surface area (Å²) in [6.45, 7) is 0.847. The third kappa shape index (κ3) is 4.38. The highest BCUT2D eigenvalue weighted by Gasteiger charge is 2.25. The molecule has 3 rings (SSSR count). The minimum absolute atomic E-state index is 0.503. The third-order valence-corrected chi connectivity index (χ3v) is 5.85.